The maximum Gasteiger partial charge on any atom is 0.132 e. The topological polar surface area (TPSA) is 37.8 Å². The number of anilines is 1. The Morgan fingerprint density at radius 3 is 2.75 bits per heavy atom. The molecule has 2 heterocycles. The van der Waals surface area contributed by atoms with Gasteiger partial charge in [-0.3, -0.25) is 0 Å². The molecule has 0 aliphatic carbocycles. The predicted molar refractivity (Wildman–Crippen MR) is 69.0 cm³/mol. The van der Waals surface area contributed by atoms with Crippen LogP contribution in [0.5, 0.6) is 0 Å². The first-order valence-corrected chi connectivity index (χ1v) is 6.21. The molecule has 0 saturated carbocycles. The Balaban J connectivity index is 2.45. The van der Waals surface area contributed by atoms with Crippen molar-refractivity contribution in [1.82, 2.24) is 9.97 Å². The molecule has 0 aromatic carbocycles. The lowest BCUT2D eigenvalue weighted by molar-refractivity contribution is 1.09. The van der Waals surface area contributed by atoms with E-state index in [9.17, 15) is 0 Å². The normalized spacial score (nSPS) is 10.4. The highest BCUT2D eigenvalue weighted by Crippen LogP contribution is 2.28. The molecule has 0 amide bonds. The fourth-order valence-electron chi connectivity index (χ4n) is 1.65. The van der Waals surface area contributed by atoms with E-state index in [2.05, 4.69) is 47.5 Å². The highest BCUT2D eigenvalue weighted by molar-refractivity contribution is 7.10. The van der Waals surface area contributed by atoms with E-state index in [4.69, 9.17) is 0 Å². The van der Waals surface area contributed by atoms with Crippen molar-refractivity contribution in [1.29, 1.82) is 0 Å². The molecular formula is C12H15N3S. The molecule has 0 fully saturated rings. The van der Waals surface area contributed by atoms with E-state index in [0.29, 0.717) is 0 Å². The Morgan fingerprint density at radius 2 is 2.12 bits per heavy atom. The summed E-state index contributed by atoms with van der Waals surface area (Å²) < 4.78 is 0. The zero-order chi connectivity index (χ0) is 11.5. The molecule has 2 aromatic rings. The van der Waals surface area contributed by atoms with Gasteiger partial charge in [-0.25, -0.2) is 9.97 Å². The molecule has 2 aromatic heterocycles. The smallest absolute Gasteiger partial charge is 0.132 e. The molecule has 4 heteroatoms. The predicted octanol–water partition coefficient (Wildman–Crippen LogP) is 3.25. The van der Waals surface area contributed by atoms with Crippen molar-refractivity contribution in [3.05, 3.63) is 28.2 Å². The van der Waals surface area contributed by atoms with Gasteiger partial charge in [0.25, 0.3) is 0 Å². The fraction of sp³-hybridized carbons (Fsp3) is 0.333. The first kappa shape index (κ1) is 11.1. The van der Waals surface area contributed by atoms with Gasteiger partial charge < -0.3 is 5.32 Å². The van der Waals surface area contributed by atoms with E-state index in [0.717, 1.165) is 23.6 Å². The summed E-state index contributed by atoms with van der Waals surface area (Å²) in [5, 5.41) is 5.38. The number of thiophene rings is 1. The highest BCUT2D eigenvalue weighted by Gasteiger charge is 2.09. The molecule has 16 heavy (non-hydrogen) atoms. The van der Waals surface area contributed by atoms with Gasteiger partial charge in [-0.2, -0.15) is 0 Å². The maximum absolute atomic E-state index is 4.36. The van der Waals surface area contributed by atoms with Crippen LogP contribution in [0.1, 0.15) is 17.4 Å². The molecule has 0 saturated heterocycles. The third-order valence-electron chi connectivity index (χ3n) is 2.43. The number of nitrogens with one attached hydrogen (secondary N) is 1. The second-order valence-corrected chi connectivity index (χ2v) is 4.79. The van der Waals surface area contributed by atoms with Crippen molar-refractivity contribution < 1.29 is 0 Å². The van der Waals surface area contributed by atoms with Crippen LogP contribution >= 0.6 is 11.3 Å². The molecule has 0 unspecified atom stereocenters. The summed E-state index contributed by atoms with van der Waals surface area (Å²) in [5.74, 6) is 0.927. The number of hydrogen-bond acceptors (Lipinski definition) is 4. The monoisotopic (exact) mass is 233 g/mol. The van der Waals surface area contributed by atoms with Crippen molar-refractivity contribution in [2.45, 2.75) is 20.8 Å². The Hall–Kier alpha value is -1.42. The number of nitrogens with zero attached hydrogens (tertiary/aromatic N) is 2. The van der Waals surface area contributed by atoms with Gasteiger partial charge in [0, 0.05) is 27.9 Å². The molecule has 84 valence electrons. The summed E-state index contributed by atoms with van der Waals surface area (Å²) in [6.45, 7) is 7.10. The van der Waals surface area contributed by atoms with Gasteiger partial charge in [-0.15, -0.1) is 11.3 Å². The van der Waals surface area contributed by atoms with E-state index >= 15 is 0 Å². The van der Waals surface area contributed by atoms with E-state index in [1.54, 1.807) is 17.7 Å². The van der Waals surface area contributed by atoms with Crippen molar-refractivity contribution in [3.8, 4) is 11.3 Å². The van der Waals surface area contributed by atoms with E-state index in [-0.39, 0.29) is 0 Å². The van der Waals surface area contributed by atoms with E-state index < -0.39 is 0 Å². The van der Waals surface area contributed by atoms with Gasteiger partial charge in [-0.05, 0) is 26.8 Å². The Kier molecular flexibility index (Phi) is 3.19. The highest BCUT2D eigenvalue weighted by atomic mass is 32.1. The number of aromatic nitrogens is 2. The number of hydrogen-bond donors (Lipinski definition) is 1. The second kappa shape index (κ2) is 4.61. The molecule has 3 nitrogen and oxygen atoms in total. The molecule has 0 radical (unpaired) electrons. The van der Waals surface area contributed by atoms with Crippen molar-refractivity contribution in [3.63, 3.8) is 0 Å². The zero-order valence-electron chi connectivity index (χ0n) is 9.74. The minimum atomic E-state index is 0.875. The van der Waals surface area contributed by atoms with Crippen LogP contribution in [-0.2, 0) is 0 Å². The van der Waals surface area contributed by atoms with Crippen molar-refractivity contribution >= 4 is 17.2 Å². The molecule has 0 bridgehead atoms. The largest absolute Gasteiger partial charge is 0.370 e. The van der Waals surface area contributed by atoms with E-state index in [1.165, 1.54) is 10.4 Å². The van der Waals surface area contributed by atoms with E-state index in [1.807, 2.05) is 0 Å². The molecule has 0 aliphatic rings. The molecule has 0 atom stereocenters. The van der Waals surface area contributed by atoms with Crippen LogP contribution in [0.3, 0.4) is 0 Å². The summed E-state index contributed by atoms with van der Waals surface area (Å²) in [4.78, 5) is 9.91. The fourth-order valence-corrected chi connectivity index (χ4v) is 2.34. The van der Waals surface area contributed by atoms with Crippen LogP contribution in [0.15, 0.2) is 17.8 Å². The lowest BCUT2D eigenvalue weighted by atomic mass is 10.1. The summed E-state index contributed by atoms with van der Waals surface area (Å²) in [5.41, 5.74) is 3.32. The van der Waals surface area contributed by atoms with Crippen molar-refractivity contribution in [2.24, 2.45) is 0 Å². The van der Waals surface area contributed by atoms with Gasteiger partial charge in [-0.1, -0.05) is 0 Å². The standard InChI is InChI=1S/C12H15N3S/c1-4-13-12-9(3)11(14-7-15-12)10-5-8(2)16-6-10/h5-7H,4H2,1-3H3,(H,13,14,15). The summed E-state index contributed by atoms with van der Waals surface area (Å²) in [7, 11) is 0. The molecule has 1 N–H and O–H groups in total. The first-order valence-electron chi connectivity index (χ1n) is 5.33. The SMILES string of the molecule is CCNc1ncnc(-c2csc(C)c2)c1C. The zero-order valence-corrected chi connectivity index (χ0v) is 10.6. The maximum atomic E-state index is 4.36. The molecular weight excluding hydrogens is 218 g/mol. The lowest BCUT2D eigenvalue weighted by Crippen LogP contribution is -2.03. The number of aryl methyl sites for hydroxylation is 1. The average Bonchev–Trinajstić information content (AvgIpc) is 2.68. The third-order valence-corrected chi connectivity index (χ3v) is 3.29. The second-order valence-electron chi connectivity index (χ2n) is 3.67. The van der Waals surface area contributed by atoms with Gasteiger partial charge in [0.2, 0.25) is 0 Å². The quantitative estimate of drug-likeness (QED) is 0.884. The first-order chi connectivity index (χ1) is 7.72. The van der Waals surface area contributed by atoms with Crippen LogP contribution in [0.2, 0.25) is 0 Å². The van der Waals surface area contributed by atoms with Gasteiger partial charge in [0.15, 0.2) is 0 Å². The third kappa shape index (κ3) is 2.07. The molecule has 0 spiro atoms. The van der Waals surface area contributed by atoms with Crippen LogP contribution < -0.4 is 5.32 Å². The minimum Gasteiger partial charge on any atom is -0.370 e. The van der Waals surface area contributed by atoms with Crippen LogP contribution in [-0.4, -0.2) is 16.5 Å². The summed E-state index contributed by atoms with van der Waals surface area (Å²) >= 11 is 1.75. The van der Waals surface area contributed by atoms with Crippen LogP contribution in [0.25, 0.3) is 11.3 Å². The Bertz CT molecular complexity index is 491. The molecule has 0 aliphatic heterocycles. The van der Waals surface area contributed by atoms with Gasteiger partial charge in [0.05, 0.1) is 5.69 Å². The van der Waals surface area contributed by atoms with Crippen molar-refractivity contribution in [2.75, 3.05) is 11.9 Å². The van der Waals surface area contributed by atoms with Gasteiger partial charge in [0.1, 0.15) is 12.1 Å². The Labute approximate surface area is 99.6 Å². The number of rotatable bonds is 3. The van der Waals surface area contributed by atoms with Crippen LogP contribution in [0, 0.1) is 13.8 Å². The summed E-state index contributed by atoms with van der Waals surface area (Å²) in [6.07, 6.45) is 1.62. The Morgan fingerprint density at radius 1 is 1.31 bits per heavy atom. The van der Waals surface area contributed by atoms with Gasteiger partial charge >= 0.3 is 0 Å². The minimum absolute atomic E-state index is 0.875. The summed E-state index contributed by atoms with van der Waals surface area (Å²) in [6, 6.07) is 2.16. The molecule has 2 rings (SSSR count). The average molecular weight is 233 g/mol. The lowest BCUT2D eigenvalue weighted by Gasteiger charge is -2.08. The van der Waals surface area contributed by atoms with Crippen LogP contribution in [0.4, 0.5) is 5.82 Å².